The van der Waals surface area contributed by atoms with Crippen LogP contribution in [-0.2, 0) is 4.79 Å². The van der Waals surface area contributed by atoms with Gasteiger partial charge in [0.1, 0.15) is 34.6 Å². The molecule has 0 bridgehead atoms. The Balaban J connectivity index is 2.42. The fourth-order valence-electron chi connectivity index (χ4n) is 1.91. The van der Waals surface area contributed by atoms with Gasteiger partial charge in [-0.05, 0) is 6.07 Å². The van der Waals surface area contributed by atoms with Crippen molar-refractivity contribution in [2.24, 2.45) is 0 Å². The molecule has 0 fully saturated rings. The van der Waals surface area contributed by atoms with Gasteiger partial charge in [-0.2, -0.15) is 0 Å². The molecule has 1 heterocycles. The van der Waals surface area contributed by atoms with Crippen molar-refractivity contribution < 1.29 is 35.1 Å². The van der Waals surface area contributed by atoms with Crippen molar-refractivity contribution in [3.63, 3.8) is 0 Å². The molecule has 0 aliphatic rings. The molecule has 0 spiro atoms. The Morgan fingerprint density at radius 1 is 1.08 bits per heavy atom. The Labute approximate surface area is 139 Å². The molecule has 0 aliphatic carbocycles. The van der Waals surface area contributed by atoms with Crippen LogP contribution in [-0.4, -0.2) is 48.9 Å². The quantitative estimate of drug-likeness (QED) is 0.474. The zero-order valence-corrected chi connectivity index (χ0v) is 12.6. The van der Waals surface area contributed by atoms with Crippen LogP contribution in [0.5, 0.6) is 23.0 Å². The molecule has 0 unspecified atom stereocenters. The molecule has 2 aromatic rings. The number of hydrogen-bond donors (Lipinski definition) is 6. The van der Waals surface area contributed by atoms with Crippen LogP contribution >= 0.6 is 11.6 Å². The second-order valence-corrected chi connectivity index (χ2v) is 5.00. The van der Waals surface area contributed by atoms with Gasteiger partial charge in [0.2, 0.25) is 0 Å². The summed E-state index contributed by atoms with van der Waals surface area (Å²) in [6.45, 7) is -0.656. The lowest BCUT2D eigenvalue weighted by atomic mass is 10.0. The van der Waals surface area contributed by atoms with Gasteiger partial charge >= 0.3 is 5.97 Å². The number of benzene rings is 1. The van der Waals surface area contributed by atoms with Gasteiger partial charge in [0.05, 0.1) is 5.56 Å². The zero-order chi connectivity index (χ0) is 18.0. The van der Waals surface area contributed by atoms with Crippen molar-refractivity contribution in [2.75, 3.05) is 6.54 Å². The van der Waals surface area contributed by atoms with Crippen LogP contribution in [0.15, 0.2) is 18.3 Å². The van der Waals surface area contributed by atoms with Gasteiger partial charge in [0.15, 0.2) is 5.69 Å². The van der Waals surface area contributed by atoms with Crippen LogP contribution in [0.2, 0.25) is 5.02 Å². The number of carbonyl (C=O) groups is 2. The smallest absolute Gasteiger partial charge is 0.322 e. The minimum atomic E-state index is -1.27. The average Bonchev–Trinajstić information content (AvgIpc) is 2.50. The Morgan fingerprint density at radius 3 is 2.33 bits per heavy atom. The summed E-state index contributed by atoms with van der Waals surface area (Å²) in [4.78, 5) is 25.8. The summed E-state index contributed by atoms with van der Waals surface area (Å²) >= 11 is 5.68. The molecule has 126 valence electrons. The molecule has 2 rings (SSSR count). The Morgan fingerprint density at radius 2 is 1.75 bits per heavy atom. The van der Waals surface area contributed by atoms with E-state index in [1.54, 1.807) is 0 Å². The first-order valence-corrected chi connectivity index (χ1v) is 6.73. The van der Waals surface area contributed by atoms with Crippen molar-refractivity contribution in [1.29, 1.82) is 0 Å². The van der Waals surface area contributed by atoms with E-state index in [-0.39, 0.29) is 11.1 Å². The lowest BCUT2D eigenvalue weighted by Crippen LogP contribution is -2.29. The van der Waals surface area contributed by atoms with Crippen molar-refractivity contribution in [2.45, 2.75) is 0 Å². The van der Waals surface area contributed by atoms with Crippen molar-refractivity contribution in [1.82, 2.24) is 10.3 Å². The summed E-state index contributed by atoms with van der Waals surface area (Å²) in [5.74, 6) is -4.51. The van der Waals surface area contributed by atoms with Gasteiger partial charge in [0, 0.05) is 17.8 Å². The molecule has 0 aliphatic heterocycles. The summed E-state index contributed by atoms with van der Waals surface area (Å²) in [6.07, 6.45) is 1.05. The number of aliphatic carboxylic acids is 1. The predicted octanol–water partition coefficient (Wildman–Crippen LogP) is 1.04. The molecule has 24 heavy (non-hydrogen) atoms. The second-order valence-electron chi connectivity index (χ2n) is 4.62. The summed E-state index contributed by atoms with van der Waals surface area (Å²) in [6, 6.07) is 1.91. The number of phenolic OH excluding ortho intramolecular Hbond substituents is 3. The van der Waals surface area contributed by atoms with E-state index >= 15 is 0 Å². The van der Waals surface area contributed by atoms with Crippen molar-refractivity contribution >= 4 is 23.5 Å². The summed E-state index contributed by atoms with van der Waals surface area (Å²) in [5, 5.41) is 49.1. The number of nitrogens with one attached hydrogen (secondary N) is 1. The summed E-state index contributed by atoms with van der Waals surface area (Å²) in [7, 11) is 0. The molecule has 1 amide bonds. The van der Waals surface area contributed by atoms with Crippen LogP contribution < -0.4 is 5.32 Å². The van der Waals surface area contributed by atoms with Crippen LogP contribution in [0.4, 0.5) is 0 Å². The zero-order valence-electron chi connectivity index (χ0n) is 11.8. The molecular formula is C14H11ClN2O7. The number of aromatic hydroxyl groups is 4. The molecule has 9 nitrogen and oxygen atoms in total. The minimum absolute atomic E-state index is 0.0131. The SMILES string of the molecule is O=C(O)CNC(=O)c1ncc(-c2c(O)cc(O)c(Cl)c2O)cc1O. The van der Waals surface area contributed by atoms with E-state index < -0.39 is 52.1 Å². The summed E-state index contributed by atoms with van der Waals surface area (Å²) in [5.41, 5.74) is -0.638. The van der Waals surface area contributed by atoms with Gasteiger partial charge in [-0.3, -0.25) is 9.59 Å². The predicted molar refractivity (Wildman–Crippen MR) is 81.3 cm³/mol. The third kappa shape index (κ3) is 3.25. The van der Waals surface area contributed by atoms with E-state index in [2.05, 4.69) is 4.98 Å². The molecule has 0 radical (unpaired) electrons. The maximum Gasteiger partial charge on any atom is 0.322 e. The first kappa shape index (κ1) is 17.2. The van der Waals surface area contributed by atoms with Crippen molar-refractivity contribution in [3.05, 3.63) is 29.0 Å². The van der Waals surface area contributed by atoms with Gasteiger partial charge in [-0.15, -0.1) is 0 Å². The number of nitrogens with zero attached hydrogens (tertiary/aromatic N) is 1. The highest BCUT2D eigenvalue weighted by atomic mass is 35.5. The van der Waals surface area contributed by atoms with Gasteiger partial charge in [-0.25, -0.2) is 4.98 Å². The second kappa shape index (κ2) is 6.50. The number of carboxylic acid groups (broad SMARTS) is 1. The molecule has 0 saturated carbocycles. The van der Waals surface area contributed by atoms with E-state index in [0.29, 0.717) is 0 Å². The number of hydrogen-bond acceptors (Lipinski definition) is 7. The maximum absolute atomic E-state index is 11.7. The monoisotopic (exact) mass is 354 g/mol. The third-order valence-electron chi connectivity index (χ3n) is 2.97. The molecule has 0 saturated heterocycles. The lowest BCUT2D eigenvalue weighted by molar-refractivity contribution is -0.135. The van der Waals surface area contributed by atoms with E-state index in [1.165, 1.54) is 0 Å². The number of halogens is 1. The molecular weight excluding hydrogens is 344 g/mol. The number of amides is 1. The molecule has 1 aromatic carbocycles. The molecule has 1 aromatic heterocycles. The minimum Gasteiger partial charge on any atom is -0.507 e. The number of rotatable bonds is 4. The first-order valence-electron chi connectivity index (χ1n) is 6.35. The average molecular weight is 355 g/mol. The fraction of sp³-hybridized carbons (Fsp3) is 0.0714. The molecule has 10 heteroatoms. The number of carboxylic acids is 1. The van der Waals surface area contributed by atoms with Gasteiger partial charge in [-0.1, -0.05) is 11.6 Å². The van der Waals surface area contributed by atoms with E-state index in [4.69, 9.17) is 16.7 Å². The topological polar surface area (TPSA) is 160 Å². The van der Waals surface area contributed by atoms with Gasteiger partial charge < -0.3 is 30.8 Å². The lowest BCUT2D eigenvalue weighted by Gasteiger charge is -2.11. The Hall–Kier alpha value is -3.20. The number of pyridine rings is 1. The standard InChI is InChI=1S/C14H11ClN2O7/c15-11-7(19)2-6(18)10(13(11)23)5-1-8(20)12(16-3-5)14(24)17-4-9(21)22/h1-3,18-20,23H,4H2,(H,17,24)(H,21,22). The summed E-state index contributed by atoms with van der Waals surface area (Å²) < 4.78 is 0. The third-order valence-corrected chi connectivity index (χ3v) is 3.34. The van der Waals surface area contributed by atoms with E-state index in [1.807, 2.05) is 5.32 Å². The van der Waals surface area contributed by atoms with Gasteiger partial charge in [0.25, 0.3) is 5.91 Å². The van der Waals surface area contributed by atoms with E-state index in [0.717, 1.165) is 18.3 Å². The molecule has 0 atom stereocenters. The normalized spacial score (nSPS) is 10.4. The highest BCUT2D eigenvalue weighted by molar-refractivity contribution is 6.34. The number of carbonyl (C=O) groups excluding carboxylic acids is 1. The highest BCUT2D eigenvalue weighted by Crippen LogP contribution is 2.46. The first-order chi connectivity index (χ1) is 11.2. The fourth-order valence-corrected chi connectivity index (χ4v) is 2.06. The highest BCUT2D eigenvalue weighted by Gasteiger charge is 2.20. The Bertz CT molecular complexity index is 838. The van der Waals surface area contributed by atoms with Crippen LogP contribution in [0.3, 0.4) is 0 Å². The number of aromatic nitrogens is 1. The molecule has 6 N–H and O–H groups in total. The van der Waals surface area contributed by atoms with Crippen molar-refractivity contribution in [3.8, 4) is 34.1 Å². The number of phenols is 3. The van der Waals surface area contributed by atoms with E-state index in [9.17, 15) is 30.0 Å². The largest absolute Gasteiger partial charge is 0.507 e. The van der Waals surface area contributed by atoms with Crippen LogP contribution in [0.25, 0.3) is 11.1 Å². The Kier molecular flexibility index (Phi) is 4.65. The maximum atomic E-state index is 11.7. The van der Waals surface area contributed by atoms with Crippen LogP contribution in [0, 0.1) is 0 Å². The van der Waals surface area contributed by atoms with Crippen LogP contribution in [0.1, 0.15) is 10.5 Å².